The van der Waals surface area contributed by atoms with Gasteiger partial charge in [-0.15, -0.1) is 0 Å². The van der Waals surface area contributed by atoms with Gasteiger partial charge >= 0.3 is 0 Å². The average molecular weight is 183 g/mol. The summed E-state index contributed by atoms with van der Waals surface area (Å²) in [7, 11) is -2.35. The minimum atomic E-state index is -2.35. The Morgan fingerprint density at radius 2 is 1.83 bits per heavy atom. The molecule has 0 spiro atoms. The van der Waals surface area contributed by atoms with E-state index in [1.165, 1.54) is 12.1 Å². The van der Waals surface area contributed by atoms with E-state index < -0.39 is 14.6 Å². The van der Waals surface area contributed by atoms with E-state index in [1.807, 2.05) is 0 Å². The van der Waals surface area contributed by atoms with Gasteiger partial charge in [0, 0.05) is 0 Å². The maximum absolute atomic E-state index is 10.5. The summed E-state index contributed by atoms with van der Waals surface area (Å²) in [5.41, 5.74) is -0.944. The number of carboxylic acid groups (broad SMARTS) is 1. The van der Waals surface area contributed by atoms with Crippen molar-refractivity contribution in [2.75, 3.05) is 0 Å². The molecule has 0 aromatic heterocycles. The summed E-state index contributed by atoms with van der Waals surface area (Å²) in [5.74, 6) is 0.116. The first-order valence-corrected chi connectivity index (χ1v) is 5.20. The van der Waals surface area contributed by atoms with Gasteiger partial charge in [0.15, 0.2) is 0 Å². The van der Waals surface area contributed by atoms with Crippen LogP contribution in [0.5, 0.6) is 5.75 Å². The largest absolute Gasteiger partial charge is 0.508 e. The minimum absolute atomic E-state index is 0.116. The molecule has 1 atom stereocenters. The number of phenolic OH excluding ortho intramolecular Hbond substituents is 1. The Hall–Kier alpha value is -1.33. The number of phenols is 1. The highest BCUT2D eigenvalue weighted by Gasteiger charge is 2.16. The molecule has 64 valence electrons. The van der Waals surface area contributed by atoms with E-state index >= 15 is 0 Å². The molecule has 1 aromatic carbocycles. The maximum Gasteiger partial charge on any atom is 0.288 e. The van der Waals surface area contributed by atoms with Crippen molar-refractivity contribution in [1.29, 1.82) is 0 Å². The molecule has 0 aliphatic rings. The standard InChI is InChI=1S/C7H9NO3Si/c8-12(7(10)11)6-3-1-5(9)2-4-6/h1-4,9,12H,8H2,(H,10,11)/t12-/m0/s1. The molecule has 0 aliphatic heterocycles. The monoisotopic (exact) mass is 183 g/mol. The van der Waals surface area contributed by atoms with Crippen molar-refractivity contribution in [1.82, 2.24) is 0 Å². The van der Waals surface area contributed by atoms with Crippen LogP contribution in [0.4, 0.5) is 4.79 Å². The zero-order chi connectivity index (χ0) is 9.14. The molecule has 0 aliphatic carbocycles. The van der Waals surface area contributed by atoms with E-state index in [9.17, 15) is 4.79 Å². The normalized spacial score (nSPS) is 12.4. The lowest BCUT2D eigenvalue weighted by Gasteiger charge is -2.03. The van der Waals surface area contributed by atoms with Gasteiger partial charge in [0.2, 0.25) is 0 Å². The van der Waals surface area contributed by atoms with E-state index in [1.54, 1.807) is 12.1 Å². The van der Waals surface area contributed by atoms with Gasteiger partial charge < -0.3 is 15.6 Å². The average Bonchev–Trinajstić information content (AvgIpc) is 2.04. The molecule has 0 unspecified atom stereocenters. The highest BCUT2D eigenvalue weighted by molar-refractivity contribution is 6.95. The van der Waals surface area contributed by atoms with Crippen LogP contribution in [0.2, 0.25) is 0 Å². The van der Waals surface area contributed by atoms with E-state index in [0.717, 1.165) is 0 Å². The molecule has 0 radical (unpaired) electrons. The third kappa shape index (κ3) is 1.83. The van der Waals surface area contributed by atoms with Crippen LogP contribution in [0.15, 0.2) is 24.3 Å². The number of hydrogen-bond donors (Lipinski definition) is 3. The van der Waals surface area contributed by atoms with Gasteiger partial charge in [0.05, 0.1) is 0 Å². The van der Waals surface area contributed by atoms with Gasteiger partial charge in [-0.05, 0) is 17.3 Å². The lowest BCUT2D eigenvalue weighted by atomic mass is 10.3. The Bertz CT molecular complexity index is 285. The first kappa shape index (κ1) is 8.76. The highest BCUT2D eigenvalue weighted by atomic mass is 28.3. The smallest absolute Gasteiger partial charge is 0.288 e. The Morgan fingerprint density at radius 1 is 1.33 bits per heavy atom. The molecule has 4 N–H and O–H groups in total. The molecule has 5 heteroatoms. The molecular weight excluding hydrogens is 174 g/mol. The lowest BCUT2D eigenvalue weighted by molar-refractivity contribution is 0.219. The third-order valence-electron chi connectivity index (χ3n) is 1.52. The number of hydrogen-bond acceptors (Lipinski definition) is 3. The predicted octanol–water partition coefficient (Wildman–Crippen LogP) is -0.459. The van der Waals surface area contributed by atoms with Crippen LogP contribution < -0.4 is 10.6 Å². The van der Waals surface area contributed by atoms with Crippen LogP contribution in [0.3, 0.4) is 0 Å². The van der Waals surface area contributed by atoms with Gasteiger partial charge in [-0.3, -0.25) is 4.79 Å². The quantitative estimate of drug-likeness (QED) is 0.542. The molecular formula is C7H9NO3Si. The minimum Gasteiger partial charge on any atom is -0.508 e. The summed E-state index contributed by atoms with van der Waals surface area (Å²) >= 11 is 0. The van der Waals surface area contributed by atoms with Crippen molar-refractivity contribution in [3.8, 4) is 5.75 Å². The summed E-state index contributed by atoms with van der Waals surface area (Å²) in [5, 5.41) is 23.5. The molecule has 0 amide bonds. The predicted molar refractivity (Wildman–Crippen MR) is 47.1 cm³/mol. The molecule has 0 saturated carbocycles. The number of benzene rings is 1. The first-order chi connectivity index (χ1) is 5.61. The number of carbonyl (C=O) groups is 1. The Labute approximate surface area is 70.9 Å². The topological polar surface area (TPSA) is 83.6 Å². The zero-order valence-electron chi connectivity index (χ0n) is 6.27. The van der Waals surface area contributed by atoms with Crippen molar-refractivity contribution in [3.05, 3.63) is 24.3 Å². The van der Waals surface area contributed by atoms with Gasteiger partial charge in [-0.25, -0.2) is 0 Å². The summed E-state index contributed by atoms with van der Waals surface area (Å²) in [6, 6.07) is 5.96. The fourth-order valence-electron chi connectivity index (χ4n) is 0.824. The summed E-state index contributed by atoms with van der Waals surface area (Å²) in [4.78, 5) is 10.5. The number of nitrogens with two attached hydrogens (primary N) is 1. The van der Waals surface area contributed by atoms with Crippen LogP contribution in [0.1, 0.15) is 0 Å². The van der Waals surface area contributed by atoms with Crippen LogP contribution >= 0.6 is 0 Å². The fraction of sp³-hybridized carbons (Fsp3) is 0. The molecule has 0 heterocycles. The summed E-state index contributed by atoms with van der Waals surface area (Å²) < 4.78 is 0. The van der Waals surface area contributed by atoms with Crippen molar-refractivity contribution < 1.29 is 15.0 Å². The van der Waals surface area contributed by atoms with Crippen LogP contribution in [0, 0.1) is 0 Å². The Morgan fingerprint density at radius 3 is 2.25 bits per heavy atom. The van der Waals surface area contributed by atoms with E-state index in [4.69, 9.17) is 15.6 Å². The van der Waals surface area contributed by atoms with Gasteiger partial charge in [-0.1, -0.05) is 12.1 Å². The second kappa shape index (κ2) is 3.38. The molecule has 0 fully saturated rings. The Kier molecular flexibility index (Phi) is 2.46. The van der Waals surface area contributed by atoms with E-state index in [2.05, 4.69) is 0 Å². The molecule has 0 bridgehead atoms. The second-order valence-electron chi connectivity index (χ2n) is 2.41. The molecule has 1 rings (SSSR count). The summed E-state index contributed by atoms with van der Waals surface area (Å²) in [6.07, 6.45) is 0. The summed E-state index contributed by atoms with van der Waals surface area (Å²) in [6.45, 7) is 0. The Balaban J connectivity index is 2.89. The van der Waals surface area contributed by atoms with Gasteiger partial charge in [0.1, 0.15) is 5.75 Å². The molecule has 12 heavy (non-hydrogen) atoms. The van der Waals surface area contributed by atoms with E-state index in [0.29, 0.717) is 5.19 Å². The maximum atomic E-state index is 10.5. The zero-order valence-corrected chi connectivity index (χ0v) is 7.42. The second-order valence-corrected chi connectivity index (χ2v) is 4.52. The van der Waals surface area contributed by atoms with Crippen molar-refractivity contribution in [2.45, 2.75) is 0 Å². The van der Waals surface area contributed by atoms with Crippen LogP contribution in [0.25, 0.3) is 0 Å². The molecule has 4 nitrogen and oxygen atoms in total. The number of rotatable bonds is 2. The van der Waals surface area contributed by atoms with Crippen LogP contribution in [-0.4, -0.2) is 24.8 Å². The van der Waals surface area contributed by atoms with E-state index in [-0.39, 0.29) is 5.75 Å². The van der Waals surface area contributed by atoms with Crippen molar-refractivity contribution in [3.63, 3.8) is 0 Å². The SMILES string of the molecule is N[Si@H](C(=O)O)c1ccc(O)cc1. The van der Waals surface area contributed by atoms with Crippen LogP contribution in [-0.2, 0) is 0 Å². The first-order valence-electron chi connectivity index (χ1n) is 3.38. The van der Waals surface area contributed by atoms with Crippen molar-refractivity contribution in [2.24, 2.45) is 5.40 Å². The molecule has 0 saturated heterocycles. The third-order valence-corrected chi connectivity index (χ3v) is 3.15. The molecule has 1 aromatic rings. The number of aromatic hydroxyl groups is 1. The van der Waals surface area contributed by atoms with Gasteiger partial charge in [0.25, 0.3) is 14.6 Å². The highest BCUT2D eigenvalue weighted by Crippen LogP contribution is 2.02. The van der Waals surface area contributed by atoms with Gasteiger partial charge in [-0.2, -0.15) is 0 Å². The van der Waals surface area contributed by atoms with Crippen molar-refractivity contribution >= 4 is 19.7 Å². The lowest BCUT2D eigenvalue weighted by Crippen LogP contribution is -2.46. The fourth-order valence-corrected chi connectivity index (χ4v) is 1.72.